The van der Waals surface area contributed by atoms with Crippen molar-refractivity contribution in [1.29, 1.82) is 0 Å². The molecule has 0 saturated heterocycles. The monoisotopic (exact) mass is 327 g/mol. The van der Waals surface area contributed by atoms with Gasteiger partial charge in [0.1, 0.15) is 0 Å². The average Bonchev–Trinajstić information content (AvgIpc) is 2.66. The van der Waals surface area contributed by atoms with E-state index in [1.54, 1.807) is 19.1 Å². The number of hydrogen-bond acceptors (Lipinski definition) is 3. The molecule has 128 valence electrons. The highest BCUT2D eigenvalue weighted by Gasteiger charge is 2.34. The van der Waals surface area contributed by atoms with E-state index in [4.69, 9.17) is 4.74 Å². The molecule has 1 aliphatic heterocycles. The number of amides is 1. The summed E-state index contributed by atoms with van der Waals surface area (Å²) >= 11 is 0. The zero-order valence-electron chi connectivity index (χ0n) is 14.2. The number of carbonyl (C=O) groups excluding carboxylic acids is 2. The van der Waals surface area contributed by atoms with Crippen LogP contribution in [0.15, 0.2) is 55.1 Å². The Hall–Kier alpha value is -2.36. The lowest BCUT2D eigenvalue weighted by atomic mass is 9.90. The summed E-state index contributed by atoms with van der Waals surface area (Å²) in [7, 11) is 0. The topological polar surface area (TPSA) is 46.6 Å². The molecule has 0 spiro atoms. The first-order valence-corrected chi connectivity index (χ1v) is 8.46. The van der Waals surface area contributed by atoms with Gasteiger partial charge in [-0.3, -0.25) is 9.59 Å². The zero-order valence-corrected chi connectivity index (χ0v) is 14.2. The number of benzene rings is 1. The molecule has 0 unspecified atom stereocenters. The number of hydrogen-bond donors (Lipinski definition) is 0. The van der Waals surface area contributed by atoms with Gasteiger partial charge in [0.15, 0.2) is 0 Å². The summed E-state index contributed by atoms with van der Waals surface area (Å²) in [6.45, 7) is 7.06. The zero-order chi connectivity index (χ0) is 17.4. The molecule has 0 aromatic heterocycles. The minimum atomic E-state index is -0.605. The molecule has 0 bridgehead atoms. The van der Waals surface area contributed by atoms with Crippen molar-refractivity contribution >= 4 is 11.9 Å². The minimum absolute atomic E-state index is 0.0709. The second-order valence-electron chi connectivity index (χ2n) is 5.86. The molecular weight excluding hydrogens is 302 g/mol. The third-order valence-electron chi connectivity index (χ3n) is 4.15. The van der Waals surface area contributed by atoms with Crippen molar-refractivity contribution in [3.63, 3.8) is 0 Å². The molecule has 1 aromatic rings. The molecule has 4 heteroatoms. The maximum Gasteiger partial charge on any atom is 0.313 e. The molecule has 0 N–H and O–H groups in total. The fourth-order valence-corrected chi connectivity index (χ4v) is 2.91. The minimum Gasteiger partial charge on any atom is -0.466 e. The first-order chi connectivity index (χ1) is 11.7. The van der Waals surface area contributed by atoms with Crippen LogP contribution in [-0.2, 0) is 20.9 Å². The summed E-state index contributed by atoms with van der Waals surface area (Å²) in [5.41, 5.74) is 1.08. The fraction of sp³-hybridized carbons (Fsp3) is 0.400. The largest absolute Gasteiger partial charge is 0.466 e. The number of nitrogens with zero attached hydrogens (tertiary/aromatic N) is 1. The standard InChI is InChI=1S/C20H25NO3/c1-3-17-18(20(23)24-4-2)13-9-6-10-14-21(19(17)22)15-16-11-7-5-8-12-16/h3,5,7-9,11-13,17-18H,1,4,6,10,14-15H2,2H3/b13-9+/t17-,18+/m0/s1. The normalized spacial score (nSPS) is 22.9. The highest BCUT2D eigenvalue weighted by Crippen LogP contribution is 2.23. The Bertz CT molecular complexity index is 594. The quantitative estimate of drug-likeness (QED) is 0.615. The smallest absolute Gasteiger partial charge is 0.313 e. The molecule has 4 nitrogen and oxygen atoms in total. The lowest BCUT2D eigenvalue weighted by Crippen LogP contribution is -2.40. The highest BCUT2D eigenvalue weighted by molar-refractivity contribution is 5.88. The Morgan fingerprint density at radius 3 is 2.79 bits per heavy atom. The maximum absolute atomic E-state index is 13.0. The number of allylic oxidation sites excluding steroid dienone is 1. The van der Waals surface area contributed by atoms with Crippen molar-refractivity contribution in [1.82, 2.24) is 4.90 Å². The van der Waals surface area contributed by atoms with E-state index in [2.05, 4.69) is 6.58 Å². The number of ether oxygens (including phenoxy) is 1. The fourth-order valence-electron chi connectivity index (χ4n) is 2.91. The molecule has 24 heavy (non-hydrogen) atoms. The van der Waals surface area contributed by atoms with Gasteiger partial charge in [-0.15, -0.1) is 6.58 Å². The molecule has 1 aliphatic rings. The molecule has 2 rings (SSSR count). The van der Waals surface area contributed by atoms with Gasteiger partial charge in [-0.2, -0.15) is 0 Å². The van der Waals surface area contributed by atoms with Crippen LogP contribution < -0.4 is 0 Å². The van der Waals surface area contributed by atoms with E-state index in [0.29, 0.717) is 19.7 Å². The predicted octanol–water partition coefficient (Wildman–Crippen LogP) is 3.35. The van der Waals surface area contributed by atoms with Crippen molar-refractivity contribution in [2.75, 3.05) is 13.2 Å². The molecule has 0 fully saturated rings. The first-order valence-electron chi connectivity index (χ1n) is 8.46. The van der Waals surface area contributed by atoms with Crippen LogP contribution in [0.2, 0.25) is 0 Å². The molecule has 0 radical (unpaired) electrons. The van der Waals surface area contributed by atoms with Crippen LogP contribution in [-0.4, -0.2) is 29.9 Å². The van der Waals surface area contributed by atoms with Gasteiger partial charge < -0.3 is 9.64 Å². The van der Waals surface area contributed by atoms with Crippen LogP contribution in [0.5, 0.6) is 0 Å². The van der Waals surface area contributed by atoms with E-state index >= 15 is 0 Å². The summed E-state index contributed by atoms with van der Waals surface area (Å²) in [6.07, 6.45) is 7.04. The third kappa shape index (κ3) is 4.57. The average molecular weight is 327 g/mol. The Balaban J connectivity index is 2.24. The van der Waals surface area contributed by atoms with Crippen molar-refractivity contribution in [2.24, 2.45) is 11.8 Å². The van der Waals surface area contributed by atoms with Crippen LogP contribution in [0.4, 0.5) is 0 Å². The maximum atomic E-state index is 13.0. The Morgan fingerprint density at radius 1 is 1.38 bits per heavy atom. The molecule has 1 aromatic carbocycles. The number of carbonyl (C=O) groups is 2. The summed E-state index contributed by atoms with van der Waals surface area (Å²) in [5, 5.41) is 0. The van der Waals surface area contributed by atoms with Gasteiger partial charge in [-0.25, -0.2) is 0 Å². The van der Waals surface area contributed by atoms with Crippen LogP contribution in [0.1, 0.15) is 25.3 Å². The van der Waals surface area contributed by atoms with Crippen molar-refractivity contribution in [2.45, 2.75) is 26.3 Å². The van der Waals surface area contributed by atoms with Gasteiger partial charge >= 0.3 is 5.97 Å². The van der Waals surface area contributed by atoms with Gasteiger partial charge in [0.25, 0.3) is 0 Å². The molecule has 1 amide bonds. The van der Waals surface area contributed by atoms with E-state index in [-0.39, 0.29) is 11.9 Å². The third-order valence-corrected chi connectivity index (χ3v) is 4.15. The van der Waals surface area contributed by atoms with Crippen LogP contribution in [0.25, 0.3) is 0 Å². The SMILES string of the molecule is C=C[C@@H]1C(=O)N(Cc2ccccc2)CCC/C=C/[C@H]1C(=O)OCC. The summed E-state index contributed by atoms with van der Waals surface area (Å²) in [4.78, 5) is 27.1. The molecular formula is C20H25NO3. The van der Waals surface area contributed by atoms with Crippen LogP contribution in [0, 0.1) is 11.8 Å². The Morgan fingerprint density at radius 2 is 2.12 bits per heavy atom. The van der Waals surface area contributed by atoms with Gasteiger partial charge in [0.05, 0.1) is 18.4 Å². The van der Waals surface area contributed by atoms with Gasteiger partial charge in [-0.05, 0) is 25.3 Å². The molecule has 0 saturated carbocycles. The lowest BCUT2D eigenvalue weighted by molar-refractivity contribution is -0.151. The van der Waals surface area contributed by atoms with Crippen molar-refractivity contribution in [3.05, 3.63) is 60.7 Å². The van der Waals surface area contributed by atoms with Crippen LogP contribution >= 0.6 is 0 Å². The second kappa shape index (κ2) is 9.06. The first kappa shape index (κ1) is 18.0. The van der Waals surface area contributed by atoms with Gasteiger partial charge in [0.2, 0.25) is 5.91 Å². The predicted molar refractivity (Wildman–Crippen MR) is 94.0 cm³/mol. The molecule has 2 atom stereocenters. The van der Waals surface area contributed by atoms with Crippen molar-refractivity contribution < 1.29 is 14.3 Å². The number of esters is 1. The lowest BCUT2D eigenvalue weighted by Gasteiger charge is -2.28. The number of rotatable bonds is 5. The summed E-state index contributed by atoms with van der Waals surface area (Å²) in [5.74, 6) is -1.64. The molecule has 0 aliphatic carbocycles. The van der Waals surface area contributed by atoms with E-state index in [1.807, 2.05) is 41.3 Å². The van der Waals surface area contributed by atoms with Crippen LogP contribution in [0.3, 0.4) is 0 Å². The van der Waals surface area contributed by atoms with E-state index < -0.39 is 11.8 Å². The highest BCUT2D eigenvalue weighted by atomic mass is 16.5. The Labute approximate surface area is 143 Å². The van der Waals surface area contributed by atoms with E-state index in [0.717, 1.165) is 18.4 Å². The van der Waals surface area contributed by atoms with Crippen molar-refractivity contribution in [3.8, 4) is 0 Å². The Kier molecular flexibility index (Phi) is 6.79. The van der Waals surface area contributed by atoms with E-state index in [9.17, 15) is 9.59 Å². The summed E-state index contributed by atoms with van der Waals surface area (Å²) < 4.78 is 5.14. The van der Waals surface area contributed by atoms with E-state index in [1.165, 1.54) is 0 Å². The molecule has 1 heterocycles. The second-order valence-corrected chi connectivity index (χ2v) is 5.86. The van der Waals surface area contributed by atoms with Gasteiger partial charge in [-0.1, -0.05) is 48.6 Å². The summed E-state index contributed by atoms with van der Waals surface area (Å²) in [6, 6.07) is 9.89. The van der Waals surface area contributed by atoms with Gasteiger partial charge in [0, 0.05) is 13.1 Å².